The fraction of sp³-hybridized carbons (Fsp3) is 0.192. The number of benzene rings is 2. The van der Waals surface area contributed by atoms with Crippen LogP contribution in [0.3, 0.4) is 0 Å². The maximum atomic E-state index is 12.9. The van der Waals surface area contributed by atoms with Crippen molar-refractivity contribution in [3.63, 3.8) is 0 Å². The van der Waals surface area contributed by atoms with Crippen LogP contribution in [0, 0.1) is 11.3 Å². The molecule has 2 N–H and O–H groups in total. The van der Waals surface area contributed by atoms with Crippen LogP contribution in [0.25, 0.3) is 33.3 Å². The summed E-state index contributed by atoms with van der Waals surface area (Å²) in [6, 6.07) is 18.0. The van der Waals surface area contributed by atoms with Gasteiger partial charge in [-0.1, -0.05) is 42.8 Å². The van der Waals surface area contributed by atoms with Crippen molar-refractivity contribution < 1.29 is 4.79 Å². The van der Waals surface area contributed by atoms with Gasteiger partial charge in [-0.25, -0.2) is 0 Å². The molecule has 154 valence electrons. The molecule has 0 saturated carbocycles. The van der Waals surface area contributed by atoms with Gasteiger partial charge >= 0.3 is 0 Å². The topological polar surface area (TPSA) is 84.7 Å². The molecule has 5 heteroatoms. The van der Waals surface area contributed by atoms with E-state index < -0.39 is 0 Å². The molecule has 0 saturated heterocycles. The zero-order valence-corrected chi connectivity index (χ0v) is 17.3. The first-order chi connectivity index (χ1) is 15.2. The molecule has 5 nitrogen and oxygen atoms in total. The lowest BCUT2D eigenvalue weighted by Crippen LogP contribution is -2.09. The largest absolute Gasteiger partial charge is 0.330 e. The number of nitrogens with two attached hydrogens (primary N) is 1. The van der Waals surface area contributed by atoms with Crippen molar-refractivity contribution in [1.82, 2.24) is 9.55 Å². The van der Waals surface area contributed by atoms with Gasteiger partial charge in [0.25, 0.3) is 0 Å². The molecule has 0 aliphatic carbocycles. The van der Waals surface area contributed by atoms with E-state index in [-0.39, 0.29) is 5.91 Å². The van der Waals surface area contributed by atoms with Crippen LogP contribution in [0.4, 0.5) is 0 Å². The molecule has 0 amide bonds. The summed E-state index contributed by atoms with van der Waals surface area (Å²) >= 11 is 0. The van der Waals surface area contributed by atoms with Crippen LogP contribution >= 0.6 is 0 Å². The van der Waals surface area contributed by atoms with Gasteiger partial charge in [0, 0.05) is 41.3 Å². The second-order valence-corrected chi connectivity index (χ2v) is 7.54. The van der Waals surface area contributed by atoms with E-state index in [9.17, 15) is 10.1 Å². The van der Waals surface area contributed by atoms with E-state index in [1.54, 1.807) is 17.0 Å². The average Bonchev–Trinajstić information content (AvgIpc) is 3.20. The third-order valence-electron chi connectivity index (χ3n) is 5.50. The Morgan fingerprint density at radius 3 is 2.77 bits per heavy atom. The van der Waals surface area contributed by atoms with Crippen LogP contribution in [0.1, 0.15) is 41.6 Å². The Bertz CT molecular complexity index is 1300. The number of unbranched alkanes of at least 4 members (excludes halogenated alkanes) is 2. The van der Waals surface area contributed by atoms with Gasteiger partial charge < -0.3 is 5.73 Å². The Kier molecular flexibility index (Phi) is 6.21. The Balaban J connectivity index is 1.77. The number of aromatic nitrogens is 2. The van der Waals surface area contributed by atoms with Gasteiger partial charge in [0.2, 0.25) is 5.91 Å². The summed E-state index contributed by atoms with van der Waals surface area (Å²) in [6.07, 6.45) is 10.4. The average molecular weight is 409 g/mol. The standard InChI is InChI=1S/C26H24N4O/c27-13-5-1-2-11-26(31)30-18-24(23-9-3-4-10-25(23)30)21(16-28)15-19-7-6-8-20-17-29-14-12-22(19)20/h3-4,6-10,12,14-15,17-18H,1-2,5,11,13,27H2/b21-15+. The number of carbonyl (C=O) groups is 1. The van der Waals surface area contributed by atoms with E-state index in [4.69, 9.17) is 5.73 Å². The molecule has 2 aromatic carbocycles. The molecule has 4 rings (SSSR count). The van der Waals surface area contributed by atoms with E-state index in [1.807, 2.05) is 60.8 Å². The van der Waals surface area contributed by atoms with Gasteiger partial charge in [0.05, 0.1) is 17.2 Å². The van der Waals surface area contributed by atoms with E-state index in [0.29, 0.717) is 18.5 Å². The SMILES string of the molecule is N#C/C(=C\c1cccc2cnccc12)c1cn(C(=O)CCCCCN)c2ccccc12. The number of pyridine rings is 1. The Hall–Kier alpha value is -3.75. The maximum Gasteiger partial charge on any atom is 0.231 e. The van der Waals surface area contributed by atoms with Crippen molar-refractivity contribution in [3.8, 4) is 6.07 Å². The second-order valence-electron chi connectivity index (χ2n) is 7.54. The molecule has 0 aliphatic rings. The maximum absolute atomic E-state index is 12.9. The third-order valence-corrected chi connectivity index (χ3v) is 5.50. The third kappa shape index (κ3) is 4.25. The predicted molar refractivity (Wildman–Crippen MR) is 125 cm³/mol. The van der Waals surface area contributed by atoms with Crippen molar-refractivity contribution in [2.75, 3.05) is 6.54 Å². The minimum absolute atomic E-state index is 0.0352. The number of carbonyl (C=O) groups excluding carboxylic acids is 1. The minimum atomic E-state index is 0.0352. The van der Waals surface area contributed by atoms with E-state index in [1.165, 1.54) is 0 Å². The first-order valence-electron chi connectivity index (χ1n) is 10.5. The summed E-state index contributed by atoms with van der Waals surface area (Å²) in [6.45, 7) is 0.644. The van der Waals surface area contributed by atoms with Crippen molar-refractivity contribution >= 4 is 39.2 Å². The van der Waals surface area contributed by atoms with Crippen LogP contribution < -0.4 is 5.73 Å². The van der Waals surface area contributed by atoms with Crippen LogP contribution in [-0.4, -0.2) is 22.0 Å². The van der Waals surface area contributed by atoms with E-state index in [2.05, 4.69) is 11.1 Å². The number of hydrogen-bond acceptors (Lipinski definition) is 4. The lowest BCUT2D eigenvalue weighted by atomic mass is 10.00. The number of nitrogens with zero attached hydrogens (tertiary/aromatic N) is 3. The zero-order valence-electron chi connectivity index (χ0n) is 17.3. The monoisotopic (exact) mass is 408 g/mol. The lowest BCUT2D eigenvalue weighted by molar-refractivity contribution is 0.0904. The van der Waals surface area contributed by atoms with Crippen LogP contribution in [0.15, 0.2) is 67.1 Å². The van der Waals surface area contributed by atoms with Crippen molar-refractivity contribution in [2.24, 2.45) is 5.73 Å². The van der Waals surface area contributed by atoms with E-state index in [0.717, 1.165) is 52.1 Å². The number of allylic oxidation sites excluding steroid dienone is 1. The second kappa shape index (κ2) is 9.38. The van der Waals surface area contributed by atoms with E-state index >= 15 is 0 Å². The predicted octanol–water partition coefficient (Wildman–Crippen LogP) is 5.41. The highest BCUT2D eigenvalue weighted by atomic mass is 16.2. The lowest BCUT2D eigenvalue weighted by Gasteiger charge is -2.04. The summed E-state index contributed by atoms with van der Waals surface area (Å²) < 4.78 is 1.69. The van der Waals surface area contributed by atoms with Gasteiger partial charge in [-0.2, -0.15) is 5.26 Å². The molecule has 0 spiro atoms. The molecule has 0 bridgehead atoms. The Morgan fingerprint density at radius 2 is 1.94 bits per heavy atom. The molecular formula is C26H24N4O. The Labute approximate surface area is 181 Å². The highest BCUT2D eigenvalue weighted by Gasteiger charge is 2.16. The molecule has 0 unspecified atom stereocenters. The van der Waals surface area contributed by atoms with Gasteiger partial charge in [0.1, 0.15) is 0 Å². The van der Waals surface area contributed by atoms with Gasteiger partial charge in [-0.05, 0) is 48.5 Å². The van der Waals surface area contributed by atoms with Crippen molar-refractivity contribution in [3.05, 3.63) is 78.2 Å². The van der Waals surface area contributed by atoms with Crippen LogP contribution in [0.2, 0.25) is 0 Å². The molecule has 2 heterocycles. The number of rotatable bonds is 7. The van der Waals surface area contributed by atoms with Crippen molar-refractivity contribution in [1.29, 1.82) is 5.26 Å². The normalized spacial score (nSPS) is 11.7. The first kappa shape index (κ1) is 20.5. The summed E-state index contributed by atoms with van der Waals surface area (Å²) in [5, 5.41) is 12.9. The van der Waals surface area contributed by atoms with Gasteiger partial charge in [0.15, 0.2) is 0 Å². The highest BCUT2D eigenvalue weighted by molar-refractivity contribution is 6.06. The number of nitriles is 1. The molecule has 0 fully saturated rings. The van der Waals surface area contributed by atoms with Gasteiger partial charge in [-0.15, -0.1) is 0 Å². The highest BCUT2D eigenvalue weighted by Crippen LogP contribution is 2.30. The summed E-state index contributed by atoms with van der Waals surface area (Å²) in [5.41, 5.74) is 8.61. The molecule has 31 heavy (non-hydrogen) atoms. The Morgan fingerprint density at radius 1 is 1.06 bits per heavy atom. The number of para-hydroxylation sites is 1. The smallest absolute Gasteiger partial charge is 0.231 e. The van der Waals surface area contributed by atoms with Crippen LogP contribution in [-0.2, 0) is 0 Å². The fourth-order valence-electron chi connectivity index (χ4n) is 3.92. The fourth-order valence-corrected chi connectivity index (χ4v) is 3.92. The zero-order chi connectivity index (χ0) is 21.6. The van der Waals surface area contributed by atoms with Gasteiger partial charge in [-0.3, -0.25) is 14.3 Å². The van der Waals surface area contributed by atoms with Crippen molar-refractivity contribution in [2.45, 2.75) is 25.7 Å². The summed E-state index contributed by atoms with van der Waals surface area (Å²) in [5.74, 6) is 0.0352. The molecular weight excluding hydrogens is 384 g/mol. The molecule has 4 aromatic rings. The first-order valence-corrected chi connectivity index (χ1v) is 10.5. The van der Waals surface area contributed by atoms with Crippen LogP contribution in [0.5, 0.6) is 0 Å². The molecule has 0 radical (unpaired) electrons. The number of fused-ring (bicyclic) bond motifs is 2. The minimum Gasteiger partial charge on any atom is -0.330 e. The molecule has 0 aliphatic heterocycles. The summed E-state index contributed by atoms with van der Waals surface area (Å²) in [7, 11) is 0. The number of hydrogen-bond donors (Lipinski definition) is 1. The molecule has 2 aromatic heterocycles. The quantitative estimate of drug-likeness (QED) is 0.327. The summed E-state index contributed by atoms with van der Waals surface area (Å²) in [4.78, 5) is 17.1. The molecule has 0 atom stereocenters.